The number of benzene rings is 1. The van der Waals surface area contributed by atoms with Crippen molar-refractivity contribution >= 4 is 5.91 Å². The number of hydrogen-bond acceptors (Lipinski definition) is 3. The molecule has 4 rings (SSSR count). The average molecular weight is 355 g/mol. The summed E-state index contributed by atoms with van der Waals surface area (Å²) < 4.78 is 7.11. The third-order valence-electron chi connectivity index (χ3n) is 6.30. The molecule has 2 fully saturated rings. The molecule has 0 radical (unpaired) electrons. The van der Waals surface area contributed by atoms with E-state index in [1.807, 2.05) is 32.0 Å². The summed E-state index contributed by atoms with van der Waals surface area (Å²) in [5, 5.41) is 6.13. The number of aryl methyl sites for hydroxylation is 2. The predicted octanol–water partition coefficient (Wildman–Crippen LogP) is 2.61. The van der Waals surface area contributed by atoms with Gasteiger partial charge in [-0.3, -0.25) is 14.7 Å². The third kappa shape index (κ3) is 2.69. The van der Waals surface area contributed by atoms with Crippen molar-refractivity contribution in [3.8, 4) is 5.69 Å². The molecule has 1 aromatic carbocycles. The third-order valence-corrected chi connectivity index (χ3v) is 6.30. The van der Waals surface area contributed by atoms with Crippen LogP contribution >= 0.6 is 0 Å². The normalized spacial score (nSPS) is 27.0. The molecule has 2 aromatic rings. The number of rotatable bonds is 4. The molecule has 2 aliphatic carbocycles. The molecule has 2 N–H and O–H groups in total. The second kappa shape index (κ2) is 5.84. The van der Waals surface area contributed by atoms with Crippen molar-refractivity contribution in [3.05, 3.63) is 51.4 Å². The molecule has 0 aliphatic heterocycles. The Kier molecular flexibility index (Phi) is 3.84. The number of nitrogens with zero attached hydrogens (tertiary/aromatic N) is 1. The number of nitrogens with one attached hydrogen (secondary N) is 2. The van der Waals surface area contributed by atoms with Crippen LogP contribution in [0.3, 0.4) is 0 Å². The Hall–Kier alpha value is -2.34. The summed E-state index contributed by atoms with van der Waals surface area (Å²) in [5.41, 5.74) is 2.77. The Morgan fingerprint density at radius 2 is 1.88 bits per heavy atom. The zero-order valence-corrected chi connectivity index (χ0v) is 15.5. The number of aromatic amines is 1. The highest BCUT2D eigenvalue weighted by molar-refractivity contribution is 5.92. The molecule has 26 heavy (non-hydrogen) atoms. The lowest BCUT2D eigenvalue weighted by Gasteiger charge is -2.27. The van der Waals surface area contributed by atoms with Crippen molar-refractivity contribution in [1.29, 1.82) is 0 Å². The first-order chi connectivity index (χ1) is 12.4. The quantitative estimate of drug-likeness (QED) is 0.885. The molecule has 2 bridgehead atoms. The van der Waals surface area contributed by atoms with E-state index in [9.17, 15) is 9.59 Å². The Morgan fingerprint density at radius 3 is 2.50 bits per heavy atom. The fourth-order valence-corrected chi connectivity index (χ4v) is 4.48. The van der Waals surface area contributed by atoms with Crippen LogP contribution in [0, 0.1) is 13.8 Å². The molecule has 0 unspecified atom stereocenters. The summed E-state index contributed by atoms with van der Waals surface area (Å²) in [4.78, 5) is 25.1. The fraction of sp³-hybridized carbons (Fsp3) is 0.500. The van der Waals surface area contributed by atoms with Crippen molar-refractivity contribution in [2.45, 2.75) is 57.1 Å². The fourth-order valence-electron chi connectivity index (χ4n) is 4.48. The molecule has 1 aromatic heterocycles. The maximum atomic E-state index is 12.8. The van der Waals surface area contributed by atoms with Crippen molar-refractivity contribution in [2.75, 3.05) is 7.11 Å². The minimum Gasteiger partial charge on any atom is -0.378 e. The van der Waals surface area contributed by atoms with E-state index in [0.717, 1.165) is 48.9 Å². The topological polar surface area (TPSA) is 76.1 Å². The van der Waals surface area contributed by atoms with Gasteiger partial charge in [-0.25, -0.2) is 4.68 Å². The van der Waals surface area contributed by atoms with Crippen molar-refractivity contribution in [3.63, 3.8) is 0 Å². The standard InChI is InChI=1S/C20H25N3O3/c1-13-4-5-15(10-14(13)2)23-17(24)11-16(22-23)18(25)21-19-6-8-20(12-19,26-3)9-7-19/h4-5,10-11,22H,6-9,12H2,1-3H3,(H,21,25). The van der Waals surface area contributed by atoms with E-state index in [1.54, 1.807) is 7.11 Å². The summed E-state index contributed by atoms with van der Waals surface area (Å²) in [5.74, 6) is -0.224. The van der Waals surface area contributed by atoms with Gasteiger partial charge >= 0.3 is 0 Å². The Bertz CT molecular complexity index is 917. The van der Waals surface area contributed by atoms with Crippen LogP contribution in [-0.4, -0.2) is 33.9 Å². The second-order valence-corrected chi connectivity index (χ2v) is 7.91. The van der Waals surface area contributed by atoms with E-state index in [1.165, 1.54) is 10.7 Å². The SMILES string of the molecule is COC12CCC(NC(=O)c3cc(=O)n(-c4ccc(C)c(C)c4)[nH]3)(CC1)C2. The molecule has 2 aliphatic rings. The molecule has 0 spiro atoms. The highest BCUT2D eigenvalue weighted by atomic mass is 16.5. The van der Waals surface area contributed by atoms with Crippen molar-refractivity contribution < 1.29 is 9.53 Å². The monoisotopic (exact) mass is 355 g/mol. The van der Waals surface area contributed by atoms with Gasteiger partial charge in [-0.2, -0.15) is 0 Å². The Labute approximate surface area is 152 Å². The van der Waals surface area contributed by atoms with E-state index in [0.29, 0.717) is 5.69 Å². The number of fused-ring (bicyclic) bond motifs is 2. The van der Waals surface area contributed by atoms with E-state index in [2.05, 4.69) is 10.4 Å². The number of carbonyl (C=O) groups excluding carboxylic acids is 1. The van der Waals surface area contributed by atoms with Crippen LogP contribution in [0.1, 0.15) is 53.7 Å². The lowest BCUT2D eigenvalue weighted by molar-refractivity contribution is -0.000309. The van der Waals surface area contributed by atoms with Crippen LogP contribution in [0.4, 0.5) is 0 Å². The first-order valence-corrected chi connectivity index (χ1v) is 9.13. The molecule has 0 atom stereocenters. The van der Waals surface area contributed by atoms with Gasteiger partial charge in [0.1, 0.15) is 5.69 Å². The number of methoxy groups -OCH3 is 1. The summed E-state index contributed by atoms with van der Waals surface area (Å²) in [6.07, 6.45) is 4.65. The number of hydrogen-bond donors (Lipinski definition) is 2. The van der Waals surface area contributed by atoms with E-state index >= 15 is 0 Å². The molecule has 6 heteroatoms. The molecule has 1 amide bonds. The molecular weight excluding hydrogens is 330 g/mol. The zero-order valence-electron chi connectivity index (χ0n) is 15.5. The van der Waals surface area contributed by atoms with Crippen LogP contribution < -0.4 is 10.9 Å². The van der Waals surface area contributed by atoms with Gasteiger partial charge in [0.05, 0.1) is 11.3 Å². The van der Waals surface area contributed by atoms with Crippen LogP contribution in [0.25, 0.3) is 5.69 Å². The number of aromatic nitrogens is 2. The Balaban J connectivity index is 1.57. The number of ether oxygens (including phenoxy) is 1. The number of carbonyl (C=O) groups is 1. The summed E-state index contributed by atoms with van der Waals surface area (Å²) in [6, 6.07) is 7.16. The van der Waals surface area contributed by atoms with Crippen LogP contribution in [0.2, 0.25) is 0 Å². The number of amides is 1. The molecule has 6 nitrogen and oxygen atoms in total. The van der Waals surface area contributed by atoms with Gasteiger partial charge in [-0.05, 0) is 69.2 Å². The molecule has 1 heterocycles. The van der Waals surface area contributed by atoms with E-state index in [-0.39, 0.29) is 22.6 Å². The van der Waals surface area contributed by atoms with Gasteiger partial charge in [-0.15, -0.1) is 0 Å². The maximum absolute atomic E-state index is 12.8. The molecule has 2 saturated carbocycles. The van der Waals surface area contributed by atoms with Gasteiger partial charge in [-0.1, -0.05) is 6.07 Å². The lowest BCUT2D eigenvalue weighted by atomic mass is 9.92. The van der Waals surface area contributed by atoms with Gasteiger partial charge in [0.2, 0.25) is 0 Å². The second-order valence-electron chi connectivity index (χ2n) is 7.91. The lowest BCUT2D eigenvalue weighted by Crippen LogP contribution is -2.45. The number of H-pyrrole nitrogens is 1. The van der Waals surface area contributed by atoms with Gasteiger partial charge in [0.15, 0.2) is 0 Å². The minimum absolute atomic E-state index is 0.0773. The highest BCUT2D eigenvalue weighted by Gasteiger charge is 2.55. The first kappa shape index (κ1) is 17.1. The molecule has 138 valence electrons. The summed E-state index contributed by atoms with van der Waals surface area (Å²) >= 11 is 0. The van der Waals surface area contributed by atoms with Crippen LogP contribution in [0.5, 0.6) is 0 Å². The smallest absolute Gasteiger partial charge is 0.271 e. The van der Waals surface area contributed by atoms with Gasteiger partial charge < -0.3 is 10.1 Å². The maximum Gasteiger partial charge on any atom is 0.271 e. The first-order valence-electron chi connectivity index (χ1n) is 9.13. The largest absolute Gasteiger partial charge is 0.378 e. The van der Waals surface area contributed by atoms with Gasteiger partial charge in [0.25, 0.3) is 11.5 Å². The van der Waals surface area contributed by atoms with Crippen LogP contribution in [0.15, 0.2) is 29.1 Å². The van der Waals surface area contributed by atoms with Crippen molar-refractivity contribution in [2.24, 2.45) is 0 Å². The summed E-state index contributed by atoms with van der Waals surface area (Å²) in [7, 11) is 1.75. The summed E-state index contributed by atoms with van der Waals surface area (Å²) in [6.45, 7) is 4.03. The average Bonchev–Trinajstić information content (AvgIpc) is 3.29. The van der Waals surface area contributed by atoms with Gasteiger partial charge in [0, 0.05) is 18.7 Å². The minimum atomic E-state index is -0.236. The highest BCUT2D eigenvalue weighted by Crippen LogP contribution is 2.52. The van der Waals surface area contributed by atoms with Crippen molar-refractivity contribution in [1.82, 2.24) is 15.1 Å². The Morgan fingerprint density at radius 1 is 1.15 bits per heavy atom. The van der Waals surface area contributed by atoms with Crippen LogP contribution in [-0.2, 0) is 4.74 Å². The zero-order chi connectivity index (χ0) is 18.5. The predicted molar refractivity (Wildman–Crippen MR) is 98.9 cm³/mol. The van der Waals surface area contributed by atoms with E-state index < -0.39 is 0 Å². The molecular formula is C20H25N3O3. The van der Waals surface area contributed by atoms with E-state index in [4.69, 9.17) is 4.74 Å². The molecule has 0 saturated heterocycles.